The highest BCUT2D eigenvalue weighted by Gasteiger charge is 2.15. The van der Waals surface area contributed by atoms with Gasteiger partial charge in [0.05, 0.1) is 25.1 Å². The van der Waals surface area contributed by atoms with Crippen LogP contribution >= 0.6 is 11.3 Å². The topological polar surface area (TPSA) is 72.3 Å². The average molecular weight is 446 g/mol. The van der Waals surface area contributed by atoms with E-state index in [1.54, 1.807) is 16.3 Å². The molecule has 1 amide bonds. The molecule has 4 aromatic rings. The summed E-state index contributed by atoms with van der Waals surface area (Å²) < 4.78 is 7.21. The summed E-state index contributed by atoms with van der Waals surface area (Å²) in [7, 11) is 0. The van der Waals surface area contributed by atoms with Gasteiger partial charge in [-0.3, -0.25) is 9.69 Å². The maximum Gasteiger partial charge on any atom is 0.275 e. The van der Waals surface area contributed by atoms with Gasteiger partial charge in [-0.25, -0.2) is 9.67 Å². The van der Waals surface area contributed by atoms with Gasteiger partial charge in [0.15, 0.2) is 0 Å². The largest absolute Gasteiger partial charge is 0.379 e. The average Bonchev–Trinajstić information content (AvgIpc) is 3.51. The second-order valence-electron chi connectivity index (χ2n) is 7.59. The number of thiazole rings is 1. The van der Waals surface area contributed by atoms with Crippen LogP contribution in [-0.2, 0) is 11.3 Å². The lowest BCUT2D eigenvalue weighted by molar-refractivity contribution is 0.0342. The molecule has 1 fully saturated rings. The first-order valence-electron chi connectivity index (χ1n) is 10.5. The molecular formula is C24H23N5O2S. The van der Waals surface area contributed by atoms with E-state index >= 15 is 0 Å². The van der Waals surface area contributed by atoms with Gasteiger partial charge in [0.2, 0.25) is 0 Å². The number of para-hydroxylation sites is 1. The highest BCUT2D eigenvalue weighted by atomic mass is 32.1. The van der Waals surface area contributed by atoms with Crippen LogP contribution in [0.5, 0.6) is 0 Å². The number of benzene rings is 2. The number of hydrogen-bond donors (Lipinski definition) is 1. The molecule has 0 aliphatic carbocycles. The molecule has 8 heteroatoms. The number of carbonyl (C=O) groups excluding carboxylic acids is 1. The van der Waals surface area contributed by atoms with E-state index in [0.29, 0.717) is 5.69 Å². The van der Waals surface area contributed by atoms with Gasteiger partial charge in [-0.15, -0.1) is 11.3 Å². The first-order chi connectivity index (χ1) is 15.7. The van der Waals surface area contributed by atoms with Gasteiger partial charge in [-0.1, -0.05) is 30.3 Å². The standard InChI is InChI=1S/C24H23N5O2S/c30-23(26-20-6-4-5-18(13-20)15-28-9-11-31-12-10-28)22-17-32-24(27-22)19-14-25-29(16-19)21-7-2-1-3-8-21/h1-8,13-14,16-17H,9-12,15H2,(H,26,30). The molecule has 0 spiro atoms. The third-order valence-corrected chi connectivity index (χ3v) is 6.17. The number of morpholine rings is 1. The van der Waals surface area contributed by atoms with Crippen molar-refractivity contribution in [1.29, 1.82) is 0 Å². The van der Waals surface area contributed by atoms with E-state index in [1.165, 1.54) is 11.3 Å². The normalized spacial score (nSPS) is 14.4. The lowest BCUT2D eigenvalue weighted by Gasteiger charge is -2.26. The molecule has 0 bridgehead atoms. The minimum Gasteiger partial charge on any atom is -0.379 e. The number of ether oxygens (including phenoxy) is 1. The van der Waals surface area contributed by atoms with Crippen molar-refractivity contribution in [2.75, 3.05) is 31.6 Å². The second kappa shape index (κ2) is 9.44. The summed E-state index contributed by atoms with van der Waals surface area (Å²) in [6.45, 7) is 4.25. The van der Waals surface area contributed by atoms with Crippen molar-refractivity contribution < 1.29 is 9.53 Å². The van der Waals surface area contributed by atoms with Crippen LogP contribution < -0.4 is 5.32 Å². The van der Waals surface area contributed by atoms with Crippen LogP contribution in [0.2, 0.25) is 0 Å². The predicted octanol–water partition coefficient (Wildman–Crippen LogP) is 4.08. The molecule has 7 nitrogen and oxygen atoms in total. The van der Waals surface area contributed by atoms with Gasteiger partial charge in [0.25, 0.3) is 5.91 Å². The Bertz CT molecular complexity index is 1200. The van der Waals surface area contributed by atoms with E-state index in [2.05, 4.69) is 26.4 Å². The lowest BCUT2D eigenvalue weighted by Crippen LogP contribution is -2.35. The smallest absolute Gasteiger partial charge is 0.275 e. The number of nitrogens with one attached hydrogen (secondary N) is 1. The molecule has 32 heavy (non-hydrogen) atoms. The summed E-state index contributed by atoms with van der Waals surface area (Å²) in [5.74, 6) is -0.216. The van der Waals surface area contributed by atoms with Crippen LogP contribution in [0.3, 0.4) is 0 Å². The van der Waals surface area contributed by atoms with Crippen LogP contribution in [0.15, 0.2) is 72.4 Å². The van der Waals surface area contributed by atoms with Gasteiger partial charge in [0.1, 0.15) is 10.7 Å². The van der Waals surface area contributed by atoms with Crippen molar-refractivity contribution in [2.45, 2.75) is 6.54 Å². The number of aromatic nitrogens is 3. The van der Waals surface area contributed by atoms with Crippen molar-refractivity contribution in [3.63, 3.8) is 0 Å². The Balaban J connectivity index is 1.25. The van der Waals surface area contributed by atoms with Crippen molar-refractivity contribution in [1.82, 2.24) is 19.7 Å². The molecule has 1 aliphatic heterocycles. The molecule has 3 heterocycles. The molecule has 2 aromatic heterocycles. The van der Waals surface area contributed by atoms with Crippen LogP contribution in [0, 0.1) is 0 Å². The summed E-state index contributed by atoms with van der Waals surface area (Å²) in [6, 6.07) is 17.9. The first kappa shape index (κ1) is 20.6. The van der Waals surface area contributed by atoms with Crippen molar-refractivity contribution in [3.05, 3.63) is 83.6 Å². The minimum absolute atomic E-state index is 0.216. The highest BCUT2D eigenvalue weighted by molar-refractivity contribution is 7.13. The fraction of sp³-hybridized carbons (Fsp3) is 0.208. The van der Waals surface area contributed by atoms with Crippen LogP contribution in [-0.4, -0.2) is 51.9 Å². The molecule has 0 saturated carbocycles. The predicted molar refractivity (Wildman–Crippen MR) is 125 cm³/mol. The highest BCUT2D eigenvalue weighted by Crippen LogP contribution is 2.25. The molecule has 162 valence electrons. The first-order valence-corrected chi connectivity index (χ1v) is 11.4. The molecular weight excluding hydrogens is 422 g/mol. The summed E-state index contributed by atoms with van der Waals surface area (Å²) >= 11 is 1.43. The van der Waals surface area contributed by atoms with Gasteiger partial charge in [-0.05, 0) is 29.8 Å². The van der Waals surface area contributed by atoms with E-state index < -0.39 is 0 Å². The van der Waals surface area contributed by atoms with Gasteiger partial charge in [-0.2, -0.15) is 5.10 Å². The maximum absolute atomic E-state index is 12.8. The Hall–Kier alpha value is -3.33. The molecule has 5 rings (SSSR count). The van der Waals surface area contributed by atoms with E-state index in [-0.39, 0.29) is 5.91 Å². The maximum atomic E-state index is 12.8. The van der Waals surface area contributed by atoms with E-state index in [4.69, 9.17) is 4.74 Å². The molecule has 1 N–H and O–H groups in total. The van der Waals surface area contributed by atoms with Crippen LogP contribution in [0.4, 0.5) is 5.69 Å². The Kier molecular flexibility index (Phi) is 6.06. The number of rotatable bonds is 6. The Morgan fingerprint density at radius 1 is 1.09 bits per heavy atom. The molecule has 0 unspecified atom stereocenters. The zero-order chi connectivity index (χ0) is 21.8. The monoisotopic (exact) mass is 445 g/mol. The van der Waals surface area contributed by atoms with Crippen molar-refractivity contribution >= 4 is 22.9 Å². The van der Waals surface area contributed by atoms with Gasteiger partial charge >= 0.3 is 0 Å². The number of hydrogen-bond acceptors (Lipinski definition) is 6. The third kappa shape index (κ3) is 4.77. The summed E-state index contributed by atoms with van der Waals surface area (Å²) in [5.41, 5.74) is 4.19. The Morgan fingerprint density at radius 3 is 2.78 bits per heavy atom. The van der Waals surface area contributed by atoms with Gasteiger partial charge in [0, 0.05) is 42.5 Å². The fourth-order valence-corrected chi connectivity index (χ4v) is 4.40. The van der Waals surface area contributed by atoms with E-state index in [9.17, 15) is 4.79 Å². The second-order valence-corrected chi connectivity index (χ2v) is 8.45. The summed E-state index contributed by atoms with van der Waals surface area (Å²) in [5, 5.41) is 9.93. The Morgan fingerprint density at radius 2 is 1.94 bits per heavy atom. The molecule has 1 saturated heterocycles. The quantitative estimate of drug-likeness (QED) is 0.484. The SMILES string of the molecule is O=C(Nc1cccc(CN2CCOCC2)c1)c1csc(-c2cnn(-c3ccccc3)c2)n1. The minimum atomic E-state index is -0.216. The molecule has 0 atom stereocenters. The van der Waals surface area contributed by atoms with Crippen LogP contribution in [0.25, 0.3) is 16.3 Å². The van der Waals surface area contributed by atoms with Gasteiger partial charge < -0.3 is 10.1 Å². The van der Waals surface area contributed by atoms with E-state index in [0.717, 1.165) is 60.4 Å². The zero-order valence-electron chi connectivity index (χ0n) is 17.5. The molecule has 1 aliphatic rings. The fourth-order valence-electron chi connectivity index (χ4n) is 3.63. The number of carbonyl (C=O) groups is 1. The van der Waals surface area contributed by atoms with Crippen LogP contribution in [0.1, 0.15) is 16.1 Å². The molecule has 2 aromatic carbocycles. The number of amides is 1. The van der Waals surface area contributed by atoms with E-state index in [1.807, 2.05) is 54.7 Å². The third-order valence-electron chi connectivity index (χ3n) is 5.28. The Labute approximate surface area is 190 Å². The van der Waals surface area contributed by atoms with Crippen molar-refractivity contribution in [3.8, 4) is 16.3 Å². The van der Waals surface area contributed by atoms with Crippen molar-refractivity contribution in [2.24, 2.45) is 0 Å². The lowest BCUT2D eigenvalue weighted by atomic mass is 10.2. The summed E-state index contributed by atoms with van der Waals surface area (Å²) in [4.78, 5) is 19.7. The summed E-state index contributed by atoms with van der Waals surface area (Å²) in [6.07, 6.45) is 3.69. The molecule has 0 radical (unpaired) electrons. The number of anilines is 1. The zero-order valence-corrected chi connectivity index (χ0v) is 18.3. The number of nitrogens with zero attached hydrogens (tertiary/aromatic N) is 4.